The fraction of sp³-hybridized carbons (Fsp3) is 0.0714. The van der Waals surface area contributed by atoms with Crippen LogP contribution < -0.4 is 0 Å². The first-order chi connectivity index (χ1) is 8.08. The van der Waals surface area contributed by atoms with E-state index in [0.29, 0.717) is 10.6 Å². The van der Waals surface area contributed by atoms with E-state index in [2.05, 4.69) is 15.9 Å². The highest BCUT2D eigenvalue weighted by Crippen LogP contribution is 2.27. The molecule has 0 bridgehead atoms. The Bertz CT molecular complexity index is 578. The summed E-state index contributed by atoms with van der Waals surface area (Å²) in [6.07, 6.45) is 0. The lowest BCUT2D eigenvalue weighted by molar-refractivity contribution is 0.101. The standard InChI is InChI=1S/C14H10BrClO/c1-9(17)13-6-5-11(8-14(13)16)10-3-2-4-12(15)7-10/h2-8H,1H3. The summed E-state index contributed by atoms with van der Waals surface area (Å²) in [7, 11) is 0. The lowest BCUT2D eigenvalue weighted by atomic mass is 10.0. The SMILES string of the molecule is CC(=O)c1ccc(-c2cccc(Br)c2)cc1Cl. The van der Waals surface area contributed by atoms with E-state index in [4.69, 9.17) is 11.6 Å². The number of benzene rings is 2. The molecule has 0 aromatic heterocycles. The maximum atomic E-state index is 11.3. The second kappa shape index (κ2) is 5.03. The Morgan fingerprint density at radius 3 is 2.41 bits per heavy atom. The van der Waals surface area contributed by atoms with Crippen molar-refractivity contribution in [2.45, 2.75) is 6.92 Å². The summed E-state index contributed by atoms with van der Waals surface area (Å²) in [6.45, 7) is 1.51. The molecule has 0 saturated heterocycles. The van der Waals surface area contributed by atoms with Gasteiger partial charge in [0.1, 0.15) is 0 Å². The average molecular weight is 310 g/mol. The van der Waals surface area contributed by atoms with Crippen molar-refractivity contribution in [3.63, 3.8) is 0 Å². The minimum absolute atomic E-state index is 0.0178. The Morgan fingerprint density at radius 2 is 1.82 bits per heavy atom. The lowest BCUT2D eigenvalue weighted by Crippen LogP contribution is -1.93. The molecule has 0 fully saturated rings. The molecule has 0 amide bonds. The number of halogens is 2. The van der Waals surface area contributed by atoms with E-state index >= 15 is 0 Å². The van der Waals surface area contributed by atoms with Crippen LogP contribution in [-0.2, 0) is 0 Å². The van der Waals surface area contributed by atoms with Crippen LogP contribution in [0.5, 0.6) is 0 Å². The van der Waals surface area contributed by atoms with Gasteiger partial charge in [-0.2, -0.15) is 0 Å². The first-order valence-electron chi connectivity index (χ1n) is 5.14. The number of rotatable bonds is 2. The maximum absolute atomic E-state index is 11.3. The third-order valence-electron chi connectivity index (χ3n) is 2.51. The van der Waals surface area contributed by atoms with Gasteiger partial charge in [-0.1, -0.05) is 45.7 Å². The molecule has 3 heteroatoms. The molecule has 0 radical (unpaired) electrons. The van der Waals surface area contributed by atoms with E-state index in [1.165, 1.54) is 6.92 Å². The van der Waals surface area contributed by atoms with Gasteiger partial charge in [0.25, 0.3) is 0 Å². The molecule has 0 aliphatic rings. The van der Waals surface area contributed by atoms with Gasteiger partial charge in [-0.05, 0) is 42.3 Å². The normalized spacial score (nSPS) is 10.3. The van der Waals surface area contributed by atoms with Gasteiger partial charge in [-0.15, -0.1) is 0 Å². The molecular formula is C14H10BrClO. The first kappa shape index (κ1) is 12.3. The Hall–Kier alpha value is -1.12. The molecule has 1 nitrogen and oxygen atoms in total. The van der Waals surface area contributed by atoms with Crippen molar-refractivity contribution in [1.29, 1.82) is 0 Å². The molecule has 17 heavy (non-hydrogen) atoms. The highest BCUT2D eigenvalue weighted by Gasteiger charge is 2.07. The van der Waals surface area contributed by atoms with Crippen LogP contribution in [-0.4, -0.2) is 5.78 Å². The molecule has 86 valence electrons. The van der Waals surface area contributed by atoms with Crippen LogP contribution in [0.2, 0.25) is 5.02 Å². The molecule has 0 aliphatic carbocycles. The Kier molecular flexibility index (Phi) is 3.65. The van der Waals surface area contributed by atoms with Crippen LogP contribution in [0.25, 0.3) is 11.1 Å². The van der Waals surface area contributed by atoms with E-state index in [0.717, 1.165) is 15.6 Å². The van der Waals surface area contributed by atoms with Crippen molar-refractivity contribution in [3.05, 3.63) is 57.5 Å². The number of carbonyl (C=O) groups excluding carboxylic acids is 1. The smallest absolute Gasteiger partial charge is 0.161 e. The molecular weight excluding hydrogens is 300 g/mol. The van der Waals surface area contributed by atoms with Crippen molar-refractivity contribution in [3.8, 4) is 11.1 Å². The van der Waals surface area contributed by atoms with Crippen LogP contribution in [0.1, 0.15) is 17.3 Å². The molecule has 0 saturated carbocycles. The molecule has 2 aromatic rings. The second-order valence-corrected chi connectivity index (χ2v) is 5.08. The number of carbonyl (C=O) groups is 1. The van der Waals surface area contributed by atoms with Crippen molar-refractivity contribution in [2.75, 3.05) is 0 Å². The molecule has 0 atom stereocenters. The minimum atomic E-state index is -0.0178. The predicted octanol–water partition coefficient (Wildman–Crippen LogP) is 4.97. The number of hydrogen-bond acceptors (Lipinski definition) is 1. The molecule has 2 rings (SSSR count). The van der Waals surface area contributed by atoms with Crippen LogP contribution in [0.15, 0.2) is 46.9 Å². The lowest BCUT2D eigenvalue weighted by Gasteiger charge is -2.05. The predicted molar refractivity (Wildman–Crippen MR) is 74.6 cm³/mol. The van der Waals surface area contributed by atoms with Gasteiger partial charge >= 0.3 is 0 Å². The third-order valence-corrected chi connectivity index (χ3v) is 3.31. The van der Waals surface area contributed by atoms with Gasteiger partial charge in [-0.3, -0.25) is 4.79 Å². The molecule has 0 spiro atoms. The van der Waals surface area contributed by atoms with E-state index in [1.54, 1.807) is 6.07 Å². The molecule has 0 heterocycles. The quantitative estimate of drug-likeness (QED) is 0.716. The second-order valence-electron chi connectivity index (χ2n) is 3.76. The fourth-order valence-corrected chi connectivity index (χ4v) is 2.36. The Morgan fingerprint density at radius 1 is 1.12 bits per heavy atom. The van der Waals surface area contributed by atoms with Gasteiger partial charge in [0.2, 0.25) is 0 Å². The summed E-state index contributed by atoms with van der Waals surface area (Å²) >= 11 is 9.51. The largest absolute Gasteiger partial charge is 0.294 e. The van der Waals surface area contributed by atoms with E-state index in [1.807, 2.05) is 36.4 Å². The summed E-state index contributed by atoms with van der Waals surface area (Å²) in [6, 6.07) is 13.4. The number of hydrogen-bond donors (Lipinski definition) is 0. The van der Waals surface area contributed by atoms with Gasteiger partial charge < -0.3 is 0 Å². The van der Waals surface area contributed by atoms with E-state index in [-0.39, 0.29) is 5.78 Å². The Balaban J connectivity index is 2.48. The van der Waals surface area contributed by atoms with Crippen LogP contribution in [0.4, 0.5) is 0 Å². The van der Waals surface area contributed by atoms with E-state index < -0.39 is 0 Å². The van der Waals surface area contributed by atoms with Crippen LogP contribution >= 0.6 is 27.5 Å². The van der Waals surface area contributed by atoms with Gasteiger partial charge in [0, 0.05) is 10.0 Å². The first-order valence-corrected chi connectivity index (χ1v) is 6.31. The summed E-state index contributed by atoms with van der Waals surface area (Å²) in [5, 5.41) is 0.495. The topological polar surface area (TPSA) is 17.1 Å². The highest BCUT2D eigenvalue weighted by molar-refractivity contribution is 9.10. The zero-order valence-corrected chi connectivity index (χ0v) is 11.5. The summed E-state index contributed by atoms with van der Waals surface area (Å²) in [5.41, 5.74) is 2.63. The zero-order chi connectivity index (χ0) is 12.4. The zero-order valence-electron chi connectivity index (χ0n) is 9.21. The van der Waals surface area contributed by atoms with Crippen molar-refractivity contribution in [2.24, 2.45) is 0 Å². The monoisotopic (exact) mass is 308 g/mol. The number of Topliss-reactive ketones (excluding diaryl/α,β-unsaturated/α-hetero) is 1. The van der Waals surface area contributed by atoms with Gasteiger partial charge in [-0.25, -0.2) is 0 Å². The molecule has 0 N–H and O–H groups in total. The third kappa shape index (κ3) is 2.76. The van der Waals surface area contributed by atoms with Gasteiger partial charge in [0.15, 0.2) is 5.78 Å². The van der Waals surface area contributed by atoms with Crippen molar-refractivity contribution in [1.82, 2.24) is 0 Å². The summed E-state index contributed by atoms with van der Waals surface area (Å²) in [5.74, 6) is -0.0178. The minimum Gasteiger partial charge on any atom is -0.294 e. The van der Waals surface area contributed by atoms with Crippen LogP contribution in [0.3, 0.4) is 0 Å². The summed E-state index contributed by atoms with van der Waals surface area (Å²) in [4.78, 5) is 11.3. The highest BCUT2D eigenvalue weighted by atomic mass is 79.9. The fourth-order valence-electron chi connectivity index (χ4n) is 1.65. The molecule has 0 unspecified atom stereocenters. The molecule has 0 aliphatic heterocycles. The maximum Gasteiger partial charge on any atom is 0.161 e. The van der Waals surface area contributed by atoms with Crippen molar-refractivity contribution >= 4 is 33.3 Å². The molecule has 2 aromatic carbocycles. The average Bonchev–Trinajstić information content (AvgIpc) is 2.28. The van der Waals surface area contributed by atoms with Crippen molar-refractivity contribution < 1.29 is 4.79 Å². The summed E-state index contributed by atoms with van der Waals surface area (Å²) < 4.78 is 1.02. The number of ketones is 1. The Labute approximate surface area is 114 Å². The van der Waals surface area contributed by atoms with E-state index in [9.17, 15) is 4.79 Å². The van der Waals surface area contributed by atoms with Crippen LogP contribution in [0, 0.1) is 0 Å². The van der Waals surface area contributed by atoms with Gasteiger partial charge in [0.05, 0.1) is 5.02 Å².